The highest BCUT2D eigenvalue weighted by atomic mass is 19.1. The molecule has 0 atom stereocenters. The maximum absolute atomic E-state index is 13.3. The van der Waals surface area contributed by atoms with Crippen LogP contribution < -0.4 is 5.32 Å². The smallest absolute Gasteiger partial charge is 0.251 e. The van der Waals surface area contributed by atoms with Gasteiger partial charge in [0.1, 0.15) is 5.82 Å². The van der Waals surface area contributed by atoms with Gasteiger partial charge in [0, 0.05) is 17.2 Å². The number of amides is 1. The number of benzene rings is 2. The summed E-state index contributed by atoms with van der Waals surface area (Å²) < 4.78 is 18.6. The molecule has 0 aliphatic heterocycles. The molecule has 0 unspecified atom stereocenters. The summed E-state index contributed by atoms with van der Waals surface area (Å²) in [6, 6.07) is 14.1. The first-order valence-corrected chi connectivity index (χ1v) is 8.24. The van der Waals surface area contributed by atoms with Crippen molar-refractivity contribution in [2.45, 2.75) is 24.8 Å². The summed E-state index contributed by atoms with van der Waals surface area (Å²) in [6.45, 7) is 0. The standard InChI is InChI=1S/C20H17FN2O2/c21-17-6-2-3-13(8-17)16-9-18(10-16)23-20(24)15-5-1-4-14(7-15)19-11-22-12-25-19/h1-8,11-12,16,18H,9-10H2,(H,23,24). The Morgan fingerprint density at radius 2 is 2.00 bits per heavy atom. The number of halogens is 1. The molecule has 5 heteroatoms. The molecule has 3 aromatic rings. The molecule has 25 heavy (non-hydrogen) atoms. The molecule has 2 aromatic carbocycles. The summed E-state index contributed by atoms with van der Waals surface area (Å²) >= 11 is 0. The van der Waals surface area contributed by atoms with Crippen LogP contribution in [-0.2, 0) is 0 Å². The molecule has 1 aliphatic rings. The fourth-order valence-electron chi connectivity index (χ4n) is 3.21. The van der Waals surface area contributed by atoms with E-state index >= 15 is 0 Å². The highest BCUT2D eigenvalue weighted by Crippen LogP contribution is 2.37. The van der Waals surface area contributed by atoms with Gasteiger partial charge in [0.15, 0.2) is 12.2 Å². The van der Waals surface area contributed by atoms with Gasteiger partial charge in [-0.3, -0.25) is 4.79 Å². The molecule has 1 heterocycles. The van der Waals surface area contributed by atoms with Crippen molar-refractivity contribution in [1.82, 2.24) is 10.3 Å². The lowest BCUT2D eigenvalue weighted by Crippen LogP contribution is -2.43. The lowest BCUT2D eigenvalue weighted by Gasteiger charge is -2.36. The number of oxazole rings is 1. The SMILES string of the molecule is O=C(NC1CC(c2cccc(F)c2)C1)c1cccc(-c2cnco2)c1. The van der Waals surface area contributed by atoms with Crippen molar-refractivity contribution in [3.8, 4) is 11.3 Å². The van der Waals surface area contributed by atoms with E-state index in [4.69, 9.17) is 4.42 Å². The molecule has 1 amide bonds. The monoisotopic (exact) mass is 336 g/mol. The number of nitrogens with one attached hydrogen (secondary N) is 1. The predicted molar refractivity (Wildman–Crippen MR) is 91.6 cm³/mol. The number of hydrogen-bond donors (Lipinski definition) is 1. The van der Waals surface area contributed by atoms with Crippen molar-refractivity contribution in [3.05, 3.63) is 78.1 Å². The largest absolute Gasteiger partial charge is 0.444 e. The van der Waals surface area contributed by atoms with Crippen LogP contribution in [0.5, 0.6) is 0 Å². The Labute approximate surface area is 144 Å². The summed E-state index contributed by atoms with van der Waals surface area (Å²) in [5.74, 6) is 0.615. The highest BCUT2D eigenvalue weighted by molar-refractivity contribution is 5.95. The zero-order valence-electron chi connectivity index (χ0n) is 13.5. The first-order valence-electron chi connectivity index (χ1n) is 8.24. The molecule has 0 spiro atoms. The van der Waals surface area contributed by atoms with Crippen LogP contribution in [-0.4, -0.2) is 16.9 Å². The van der Waals surface area contributed by atoms with E-state index in [0.29, 0.717) is 17.2 Å². The Hall–Kier alpha value is -2.95. The minimum Gasteiger partial charge on any atom is -0.444 e. The van der Waals surface area contributed by atoms with Crippen molar-refractivity contribution < 1.29 is 13.6 Å². The van der Waals surface area contributed by atoms with Gasteiger partial charge in [0.2, 0.25) is 0 Å². The van der Waals surface area contributed by atoms with Crippen molar-refractivity contribution in [2.75, 3.05) is 0 Å². The molecular formula is C20H17FN2O2. The fraction of sp³-hybridized carbons (Fsp3) is 0.200. The highest BCUT2D eigenvalue weighted by Gasteiger charge is 2.31. The van der Waals surface area contributed by atoms with Crippen molar-refractivity contribution >= 4 is 5.91 Å². The van der Waals surface area contributed by atoms with Gasteiger partial charge in [-0.25, -0.2) is 9.37 Å². The van der Waals surface area contributed by atoms with Crippen LogP contribution in [0.25, 0.3) is 11.3 Å². The molecular weight excluding hydrogens is 319 g/mol. The van der Waals surface area contributed by atoms with E-state index in [1.54, 1.807) is 30.5 Å². The fourth-order valence-corrected chi connectivity index (χ4v) is 3.21. The number of aromatic nitrogens is 1. The molecule has 0 radical (unpaired) electrons. The van der Waals surface area contributed by atoms with Crippen LogP contribution in [0.4, 0.5) is 4.39 Å². The molecule has 1 saturated carbocycles. The minimum atomic E-state index is -0.214. The third-order valence-corrected chi connectivity index (χ3v) is 4.63. The van der Waals surface area contributed by atoms with Gasteiger partial charge in [-0.1, -0.05) is 24.3 Å². The summed E-state index contributed by atoms with van der Waals surface area (Å²) in [4.78, 5) is 16.3. The number of carbonyl (C=O) groups is 1. The van der Waals surface area contributed by atoms with Gasteiger partial charge in [-0.05, 0) is 48.6 Å². The predicted octanol–water partition coefficient (Wildman–Crippen LogP) is 4.16. The van der Waals surface area contributed by atoms with E-state index in [2.05, 4.69) is 10.3 Å². The van der Waals surface area contributed by atoms with Gasteiger partial charge in [-0.15, -0.1) is 0 Å². The van der Waals surface area contributed by atoms with E-state index < -0.39 is 0 Å². The second-order valence-electron chi connectivity index (χ2n) is 6.34. The van der Waals surface area contributed by atoms with Crippen LogP contribution in [0.15, 0.2) is 65.5 Å². The Bertz CT molecular complexity index is 886. The molecule has 1 aromatic heterocycles. The summed E-state index contributed by atoms with van der Waals surface area (Å²) in [5, 5.41) is 3.04. The lowest BCUT2D eigenvalue weighted by molar-refractivity contribution is 0.0909. The number of carbonyl (C=O) groups excluding carboxylic acids is 1. The van der Waals surface area contributed by atoms with Gasteiger partial charge < -0.3 is 9.73 Å². The molecule has 0 saturated heterocycles. The van der Waals surface area contributed by atoms with E-state index in [9.17, 15) is 9.18 Å². The average Bonchev–Trinajstić information content (AvgIpc) is 3.12. The van der Waals surface area contributed by atoms with Crippen molar-refractivity contribution in [2.24, 2.45) is 0 Å². The normalized spacial score (nSPS) is 19.2. The number of nitrogens with zero attached hydrogens (tertiary/aromatic N) is 1. The first-order chi connectivity index (χ1) is 12.2. The first kappa shape index (κ1) is 15.6. The van der Waals surface area contributed by atoms with E-state index in [0.717, 1.165) is 24.0 Å². The third-order valence-electron chi connectivity index (χ3n) is 4.63. The molecule has 1 fully saturated rings. The van der Waals surface area contributed by atoms with Crippen LogP contribution in [0.1, 0.15) is 34.7 Å². The quantitative estimate of drug-likeness (QED) is 0.778. The third kappa shape index (κ3) is 3.31. The van der Waals surface area contributed by atoms with Crippen molar-refractivity contribution in [1.29, 1.82) is 0 Å². The lowest BCUT2D eigenvalue weighted by atomic mass is 9.76. The molecule has 126 valence electrons. The summed E-state index contributed by atoms with van der Waals surface area (Å²) in [5.41, 5.74) is 2.40. The second-order valence-corrected chi connectivity index (χ2v) is 6.34. The van der Waals surface area contributed by atoms with Crippen LogP contribution in [0.3, 0.4) is 0 Å². The minimum absolute atomic E-state index is 0.107. The maximum Gasteiger partial charge on any atom is 0.251 e. The summed E-state index contributed by atoms with van der Waals surface area (Å²) in [6.07, 6.45) is 4.64. The zero-order chi connectivity index (χ0) is 17.2. The Morgan fingerprint density at radius 3 is 2.76 bits per heavy atom. The van der Waals surface area contributed by atoms with E-state index in [1.165, 1.54) is 12.5 Å². The van der Waals surface area contributed by atoms with Crippen LogP contribution in [0, 0.1) is 5.82 Å². The number of rotatable bonds is 4. The molecule has 4 nitrogen and oxygen atoms in total. The van der Waals surface area contributed by atoms with Crippen LogP contribution in [0.2, 0.25) is 0 Å². The Balaban J connectivity index is 1.38. The topological polar surface area (TPSA) is 55.1 Å². The molecule has 4 rings (SSSR count). The number of hydrogen-bond acceptors (Lipinski definition) is 3. The van der Waals surface area contributed by atoms with Gasteiger partial charge >= 0.3 is 0 Å². The average molecular weight is 336 g/mol. The maximum atomic E-state index is 13.3. The summed E-state index contributed by atoms with van der Waals surface area (Å²) in [7, 11) is 0. The van der Waals surface area contributed by atoms with Gasteiger partial charge in [-0.2, -0.15) is 0 Å². The molecule has 0 bridgehead atoms. The van der Waals surface area contributed by atoms with Gasteiger partial charge in [0.25, 0.3) is 5.91 Å². The molecule has 1 aliphatic carbocycles. The van der Waals surface area contributed by atoms with Crippen LogP contribution >= 0.6 is 0 Å². The van der Waals surface area contributed by atoms with Gasteiger partial charge in [0.05, 0.1) is 6.20 Å². The zero-order valence-corrected chi connectivity index (χ0v) is 13.5. The van der Waals surface area contributed by atoms with E-state index in [-0.39, 0.29) is 17.8 Å². The molecule has 1 N–H and O–H groups in total. The van der Waals surface area contributed by atoms with E-state index in [1.807, 2.05) is 18.2 Å². The Kier molecular flexibility index (Phi) is 4.06. The van der Waals surface area contributed by atoms with Crippen molar-refractivity contribution in [3.63, 3.8) is 0 Å². The second kappa shape index (κ2) is 6.51. The Morgan fingerprint density at radius 1 is 1.16 bits per heavy atom.